The Kier molecular flexibility index (Phi) is 5.09. The van der Waals surface area contributed by atoms with Crippen LogP contribution in [0.2, 0.25) is 0 Å². The van der Waals surface area contributed by atoms with Crippen LogP contribution in [0.15, 0.2) is 0 Å². The maximum Gasteiger partial charge on any atom is 0.222 e. The smallest absolute Gasteiger partial charge is 0.222 e. The molecular formula is C12H24N2O. The molecule has 88 valence electrons. The van der Waals surface area contributed by atoms with Crippen molar-refractivity contribution in [2.75, 3.05) is 20.1 Å². The molecular weight excluding hydrogens is 188 g/mol. The van der Waals surface area contributed by atoms with Gasteiger partial charge in [-0.15, -0.1) is 0 Å². The first-order valence-electron chi connectivity index (χ1n) is 6.07. The van der Waals surface area contributed by atoms with Crippen molar-refractivity contribution < 1.29 is 4.79 Å². The van der Waals surface area contributed by atoms with Crippen LogP contribution >= 0.6 is 0 Å². The molecule has 0 saturated carbocycles. The van der Waals surface area contributed by atoms with Gasteiger partial charge in [0.15, 0.2) is 0 Å². The van der Waals surface area contributed by atoms with Crippen molar-refractivity contribution in [1.29, 1.82) is 0 Å². The lowest BCUT2D eigenvalue weighted by atomic mass is 9.93. The van der Waals surface area contributed by atoms with Gasteiger partial charge in [-0.1, -0.05) is 0 Å². The molecule has 1 aliphatic heterocycles. The molecule has 0 bridgehead atoms. The molecule has 0 atom stereocenters. The third kappa shape index (κ3) is 4.20. The van der Waals surface area contributed by atoms with Crippen molar-refractivity contribution in [3.05, 3.63) is 0 Å². The summed E-state index contributed by atoms with van der Waals surface area (Å²) in [4.78, 5) is 13.6. The van der Waals surface area contributed by atoms with Crippen LogP contribution < -0.4 is 5.32 Å². The summed E-state index contributed by atoms with van der Waals surface area (Å²) in [6, 6.07) is 0.325. The first kappa shape index (κ1) is 12.5. The fraction of sp³-hybridized carbons (Fsp3) is 0.917. The van der Waals surface area contributed by atoms with Crippen molar-refractivity contribution in [1.82, 2.24) is 10.2 Å². The Morgan fingerprint density at radius 3 is 2.53 bits per heavy atom. The minimum absolute atomic E-state index is 0.295. The number of carbonyl (C=O) groups excluding carboxylic acids is 1. The second-order valence-electron chi connectivity index (χ2n) is 4.83. The minimum atomic E-state index is 0.295. The van der Waals surface area contributed by atoms with E-state index in [1.807, 2.05) is 11.9 Å². The lowest BCUT2D eigenvalue weighted by Gasteiger charge is -2.25. The molecule has 0 aromatic carbocycles. The van der Waals surface area contributed by atoms with E-state index < -0.39 is 0 Å². The van der Waals surface area contributed by atoms with E-state index in [0.717, 1.165) is 31.8 Å². The molecule has 3 heteroatoms. The van der Waals surface area contributed by atoms with Gasteiger partial charge in [-0.05, 0) is 52.1 Å². The quantitative estimate of drug-likeness (QED) is 0.768. The number of hydrogen-bond acceptors (Lipinski definition) is 2. The van der Waals surface area contributed by atoms with Crippen molar-refractivity contribution in [2.24, 2.45) is 5.92 Å². The summed E-state index contributed by atoms with van der Waals surface area (Å²) < 4.78 is 0. The summed E-state index contributed by atoms with van der Waals surface area (Å²) in [6.07, 6.45) is 4.26. The van der Waals surface area contributed by atoms with Crippen molar-refractivity contribution >= 4 is 5.91 Å². The molecule has 1 amide bonds. The van der Waals surface area contributed by atoms with Gasteiger partial charge in [0, 0.05) is 19.5 Å². The first-order chi connectivity index (χ1) is 7.11. The van der Waals surface area contributed by atoms with Gasteiger partial charge in [0.2, 0.25) is 5.91 Å². The molecule has 0 unspecified atom stereocenters. The van der Waals surface area contributed by atoms with Crippen molar-refractivity contribution in [2.45, 2.75) is 45.6 Å². The SMILES string of the molecule is CC(C)N(C)C(=O)CCC1CCNCC1. The molecule has 0 aromatic heterocycles. The average Bonchev–Trinajstić information content (AvgIpc) is 2.26. The van der Waals surface area contributed by atoms with Gasteiger partial charge in [0.1, 0.15) is 0 Å². The van der Waals surface area contributed by atoms with Crippen LogP contribution in [0.25, 0.3) is 0 Å². The molecule has 1 rings (SSSR count). The fourth-order valence-corrected chi connectivity index (χ4v) is 1.96. The van der Waals surface area contributed by atoms with Gasteiger partial charge in [-0.2, -0.15) is 0 Å². The molecule has 0 aromatic rings. The van der Waals surface area contributed by atoms with Crippen LogP contribution in [0.3, 0.4) is 0 Å². The van der Waals surface area contributed by atoms with Crippen LogP contribution in [0.4, 0.5) is 0 Å². The number of piperidine rings is 1. The highest BCUT2D eigenvalue weighted by molar-refractivity contribution is 5.76. The van der Waals surface area contributed by atoms with Gasteiger partial charge >= 0.3 is 0 Å². The van der Waals surface area contributed by atoms with E-state index in [1.165, 1.54) is 12.8 Å². The number of nitrogens with zero attached hydrogens (tertiary/aromatic N) is 1. The van der Waals surface area contributed by atoms with Crippen LogP contribution in [0.5, 0.6) is 0 Å². The number of hydrogen-bond donors (Lipinski definition) is 1. The predicted octanol–water partition coefficient (Wildman–Crippen LogP) is 1.63. The maximum absolute atomic E-state index is 11.7. The highest BCUT2D eigenvalue weighted by Crippen LogP contribution is 2.18. The molecule has 0 radical (unpaired) electrons. The largest absolute Gasteiger partial charge is 0.343 e. The molecule has 1 fully saturated rings. The molecule has 1 heterocycles. The van der Waals surface area contributed by atoms with Crippen LogP contribution in [-0.2, 0) is 4.79 Å². The standard InChI is InChI=1S/C12H24N2O/c1-10(2)14(3)12(15)5-4-11-6-8-13-9-7-11/h10-11,13H,4-9H2,1-3H3. The molecule has 0 spiro atoms. The Morgan fingerprint density at radius 1 is 1.40 bits per heavy atom. The summed E-state index contributed by atoms with van der Waals surface area (Å²) in [7, 11) is 1.90. The van der Waals surface area contributed by atoms with Gasteiger partial charge in [-0.25, -0.2) is 0 Å². The zero-order chi connectivity index (χ0) is 11.3. The van der Waals surface area contributed by atoms with E-state index >= 15 is 0 Å². The van der Waals surface area contributed by atoms with Crippen LogP contribution in [0, 0.1) is 5.92 Å². The molecule has 15 heavy (non-hydrogen) atoms. The molecule has 3 nitrogen and oxygen atoms in total. The Labute approximate surface area is 93.2 Å². The normalized spacial score (nSPS) is 18.1. The van der Waals surface area contributed by atoms with Crippen molar-refractivity contribution in [3.63, 3.8) is 0 Å². The van der Waals surface area contributed by atoms with Gasteiger partial charge in [0.05, 0.1) is 0 Å². The Morgan fingerprint density at radius 2 is 2.00 bits per heavy atom. The lowest BCUT2D eigenvalue weighted by Crippen LogP contribution is -2.34. The third-order valence-corrected chi connectivity index (χ3v) is 3.39. The predicted molar refractivity (Wildman–Crippen MR) is 62.7 cm³/mol. The van der Waals surface area contributed by atoms with E-state index in [9.17, 15) is 4.79 Å². The van der Waals surface area contributed by atoms with E-state index in [1.54, 1.807) is 0 Å². The van der Waals surface area contributed by atoms with Gasteiger partial charge in [0.25, 0.3) is 0 Å². The summed E-state index contributed by atoms with van der Waals surface area (Å²) in [6.45, 7) is 6.36. The van der Waals surface area contributed by atoms with Gasteiger partial charge in [-0.3, -0.25) is 4.79 Å². The minimum Gasteiger partial charge on any atom is -0.343 e. The fourth-order valence-electron chi connectivity index (χ4n) is 1.96. The zero-order valence-electron chi connectivity index (χ0n) is 10.3. The number of amides is 1. The lowest BCUT2D eigenvalue weighted by molar-refractivity contribution is -0.131. The first-order valence-corrected chi connectivity index (χ1v) is 6.07. The van der Waals surface area contributed by atoms with E-state index in [4.69, 9.17) is 0 Å². The highest BCUT2D eigenvalue weighted by Gasteiger charge is 2.17. The highest BCUT2D eigenvalue weighted by atomic mass is 16.2. The number of nitrogens with one attached hydrogen (secondary N) is 1. The van der Waals surface area contributed by atoms with Crippen molar-refractivity contribution in [3.8, 4) is 0 Å². The monoisotopic (exact) mass is 212 g/mol. The van der Waals surface area contributed by atoms with Crippen LogP contribution in [-0.4, -0.2) is 37.0 Å². The second kappa shape index (κ2) is 6.11. The topological polar surface area (TPSA) is 32.3 Å². The molecule has 1 saturated heterocycles. The molecule has 0 aliphatic carbocycles. The number of rotatable bonds is 4. The summed E-state index contributed by atoms with van der Waals surface area (Å²) in [5.74, 6) is 1.05. The summed E-state index contributed by atoms with van der Waals surface area (Å²) in [5, 5.41) is 3.35. The Balaban J connectivity index is 2.20. The molecule has 1 N–H and O–H groups in total. The Hall–Kier alpha value is -0.570. The van der Waals surface area contributed by atoms with Crippen LogP contribution in [0.1, 0.15) is 39.5 Å². The average molecular weight is 212 g/mol. The summed E-state index contributed by atoms with van der Waals surface area (Å²) >= 11 is 0. The maximum atomic E-state index is 11.7. The summed E-state index contributed by atoms with van der Waals surface area (Å²) in [5.41, 5.74) is 0. The Bertz CT molecular complexity index is 198. The molecule has 1 aliphatic rings. The number of carbonyl (C=O) groups is 1. The third-order valence-electron chi connectivity index (χ3n) is 3.39. The van der Waals surface area contributed by atoms with E-state index in [2.05, 4.69) is 19.2 Å². The van der Waals surface area contributed by atoms with Gasteiger partial charge < -0.3 is 10.2 Å². The second-order valence-corrected chi connectivity index (χ2v) is 4.83. The zero-order valence-corrected chi connectivity index (χ0v) is 10.3. The van der Waals surface area contributed by atoms with E-state index in [-0.39, 0.29) is 0 Å². The van der Waals surface area contributed by atoms with E-state index in [0.29, 0.717) is 11.9 Å².